The maximum atomic E-state index is 14.5. The van der Waals surface area contributed by atoms with Gasteiger partial charge in [-0.3, -0.25) is 14.4 Å². The largest absolute Gasteiger partial charge is 0.490 e. The van der Waals surface area contributed by atoms with Gasteiger partial charge >= 0.3 is 0 Å². The molecule has 3 amide bonds. The van der Waals surface area contributed by atoms with Crippen molar-refractivity contribution in [2.75, 3.05) is 50.7 Å². The molecule has 9 heteroatoms. The first kappa shape index (κ1) is 29.0. The van der Waals surface area contributed by atoms with Crippen molar-refractivity contribution in [3.8, 4) is 5.75 Å². The van der Waals surface area contributed by atoms with Crippen LogP contribution in [0.1, 0.15) is 84.6 Å². The molecule has 0 bridgehead atoms. The van der Waals surface area contributed by atoms with Crippen molar-refractivity contribution in [3.05, 3.63) is 58.9 Å². The molecule has 2 heterocycles. The molecule has 0 radical (unpaired) electrons. The Balaban J connectivity index is 1.26. The van der Waals surface area contributed by atoms with Gasteiger partial charge in [0.25, 0.3) is 11.8 Å². The molecule has 3 aliphatic rings. The summed E-state index contributed by atoms with van der Waals surface area (Å²) in [4.78, 5) is 44.1. The number of amides is 3. The Bertz CT molecular complexity index is 1270. The second kappa shape index (κ2) is 13.0. The number of carbonyl (C=O) groups is 3. The van der Waals surface area contributed by atoms with Gasteiger partial charge in [-0.1, -0.05) is 26.2 Å². The standard InChI is InChI=1S/C32H41FN4O4/c1-3-22(2)41-29-10-9-24(19-28(29)23-7-5-4-6-8-23)31(39)35-13-15-36(16-14-35)32(40)25-17-26(33)20-27(18-25)37-12-11-34-21-30(37)38/h9-10,17-20,22-23,34H,3-8,11-16,21H2,1-2H3/t22-/m1/s1. The summed E-state index contributed by atoms with van der Waals surface area (Å²) in [5.41, 5.74) is 2.38. The number of anilines is 1. The number of piperazine rings is 2. The van der Waals surface area contributed by atoms with E-state index in [4.69, 9.17) is 4.74 Å². The third-order valence-electron chi connectivity index (χ3n) is 8.59. The zero-order valence-electron chi connectivity index (χ0n) is 24.2. The minimum absolute atomic E-state index is 0.0467. The van der Waals surface area contributed by atoms with Gasteiger partial charge in [0.1, 0.15) is 11.6 Å². The molecule has 2 aromatic rings. The number of hydrogen-bond acceptors (Lipinski definition) is 5. The van der Waals surface area contributed by atoms with Crippen molar-refractivity contribution in [1.82, 2.24) is 15.1 Å². The van der Waals surface area contributed by atoms with Crippen LogP contribution in [0.25, 0.3) is 0 Å². The number of carbonyl (C=O) groups excluding carboxylic acids is 3. The van der Waals surface area contributed by atoms with Crippen LogP contribution in [-0.4, -0.2) is 79.4 Å². The first-order chi connectivity index (χ1) is 19.8. The van der Waals surface area contributed by atoms with Crippen molar-refractivity contribution in [1.29, 1.82) is 0 Å². The number of rotatable bonds is 7. The molecule has 1 aliphatic carbocycles. The van der Waals surface area contributed by atoms with E-state index >= 15 is 0 Å². The fraction of sp³-hybridized carbons (Fsp3) is 0.531. The summed E-state index contributed by atoms with van der Waals surface area (Å²) in [5, 5.41) is 3.00. The van der Waals surface area contributed by atoms with Crippen LogP contribution < -0.4 is 15.0 Å². The highest BCUT2D eigenvalue weighted by atomic mass is 19.1. The van der Waals surface area contributed by atoms with Crippen molar-refractivity contribution >= 4 is 23.4 Å². The summed E-state index contributed by atoms with van der Waals surface area (Å²) in [6, 6.07) is 9.92. The quantitative estimate of drug-likeness (QED) is 0.532. The number of ether oxygens (including phenoxy) is 1. The van der Waals surface area contributed by atoms with Gasteiger partial charge in [-0.25, -0.2) is 4.39 Å². The van der Waals surface area contributed by atoms with E-state index in [1.54, 1.807) is 15.9 Å². The first-order valence-electron chi connectivity index (χ1n) is 15.0. The van der Waals surface area contributed by atoms with Crippen LogP contribution in [0.3, 0.4) is 0 Å². The number of nitrogens with zero attached hydrogens (tertiary/aromatic N) is 3. The fourth-order valence-electron chi connectivity index (χ4n) is 6.03. The number of hydrogen-bond donors (Lipinski definition) is 1. The molecule has 2 saturated heterocycles. The predicted octanol–water partition coefficient (Wildman–Crippen LogP) is 4.59. The van der Waals surface area contributed by atoms with Crippen LogP contribution in [-0.2, 0) is 4.79 Å². The van der Waals surface area contributed by atoms with Crippen LogP contribution in [0.15, 0.2) is 36.4 Å². The van der Waals surface area contributed by atoms with Gasteiger partial charge in [-0.05, 0) is 74.1 Å². The molecule has 2 aromatic carbocycles. The number of nitrogens with one attached hydrogen (secondary N) is 1. The minimum Gasteiger partial charge on any atom is -0.490 e. The average Bonchev–Trinajstić information content (AvgIpc) is 3.01. The molecule has 1 atom stereocenters. The van der Waals surface area contributed by atoms with E-state index in [1.807, 2.05) is 18.2 Å². The lowest BCUT2D eigenvalue weighted by Crippen LogP contribution is -2.50. The van der Waals surface area contributed by atoms with Gasteiger partial charge in [-0.15, -0.1) is 0 Å². The molecule has 220 valence electrons. The third-order valence-corrected chi connectivity index (χ3v) is 8.59. The summed E-state index contributed by atoms with van der Waals surface area (Å²) in [6.45, 7) is 6.89. The molecule has 41 heavy (non-hydrogen) atoms. The number of halogens is 1. The minimum atomic E-state index is -0.555. The summed E-state index contributed by atoms with van der Waals surface area (Å²) in [5.74, 6) is 0.230. The van der Waals surface area contributed by atoms with Crippen LogP contribution in [0, 0.1) is 5.82 Å². The molecule has 0 unspecified atom stereocenters. The fourth-order valence-corrected chi connectivity index (χ4v) is 6.03. The highest BCUT2D eigenvalue weighted by Gasteiger charge is 2.29. The lowest BCUT2D eigenvalue weighted by atomic mass is 9.83. The van der Waals surface area contributed by atoms with Gasteiger partial charge in [0.2, 0.25) is 5.91 Å². The van der Waals surface area contributed by atoms with E-state index in [0.717, 1.165) is 30.6 Å². The lowest BCUT2D eigenvalue weighted by molar-refractivity contribution is -0.118. The van der Waals surface area contributed by atoms with E-state index in [1.165, 1.54) is 36.3 Å². The zero-order valence-corrected chi connectivity index (χ0v) is 24.2. The summed E-state index contributed by atoms with van der Waals surface area (Å²) in [6.07, 6.45) is 6.89. The second-order valence-corrected chi connectivity index (χ2v) is 11.4. The zero-order chi connectivity index (χ0) is 28.9. The summed E-state index contributed by atoms with van der Waals surface area (Å²) in [7, 11) is 0. The average molecular weight is 565 g/mol. The maximum Gasteiger partial charge on any atom is 0.254 e. The van der Waals surface area contributed by atoms with E-state index < -0.39 is 5.82 Å². The van der Waals surface area contributed by atoms with E-state index in [0.29, 0.717) is 56.4 Å². The molecule has 5 rings (SSSR count). The van der Waals surface area contributed by atoms with E-state index in [-0.39, 0.29) is 35.9 Å². The SMILES string of the molecule is CC[C@@H](C)Oc1ccc(C(=O)N2CCN(C(=O)c3cc(F)cc(N4CCNCC4=O)c3)CC2)cc1C1CCCCC1. The normalized spacial score (nSPS) is 19.3. The molecule has 1 saturated carbocycles. The predicted molar refractivity (Wildman–Crippen MR) is 156 cm³/mol. The topological polar surface area (TPSA) is 82.2 Å². The Morgan fingerprint density at radius 2 is 1.63 bits per heavy atom. The molecule has 2 aliphatic heterocycles. The molecule has 8 nitrogen and oxygen atoms in total. The second-order valence-electron chi connectivity index (χ2n) is 11.4. The molecule has 3 fully saturated rings. The Morgan fingerprint density at radius 1 is 0.951 bits per heavy atom. The summed E-state index contributed by atoms with van der Waals surface area (Å²) < 4.78 is 20.7. The molecular weight excluding hydrogens is 523 g/mol. The van der Waals surface area contributed by atoms with Crippen molar-refractivity contribution in [2.45, 2.75) is 64.4 Å². The van der Waals surface area contributed by atoms with Gasteiger partial charge in [0.05, 0.1) is 12.6 Å². The van der Waals surface area contributed by atoms with Gasteiger partial charge < -0.3 is 24.8 Å². The maximum absolute atomic E-state index is 14.5. The Labute approximate surface area is 241 Å². The Morgan fingerprint density at radius 3 is 2.29 bits per heavy atom. The lowest BCUT2D eigenvalue weighted by Gasteiger charge is -2.35. The van der Waals surface area contributed by atoms with E-state index in [9.17, 15) is 18.8 Å². The molecule has 1 N–H and O–H groups in total. The van der Waals surface area contributed by atoms with Crippen LogP contribution in [0.5, 0.6) is 5.75 Å². The van der Waals surface area contributed by atoms with Crippen LogP contribution in [0.2, 0.25) is 0 Å². The van der Waals surface area contributed by atoms with Crippen molar-refractivity contribution in [3.63, 3.8) is 0 Å². The number of benzene rings is 2. The molecular formula is C32H41FN4O4. The highest BCUT2D eigenvalue weighted by Crippen LogP contribution is 2.38. The smallest absolute Gasteiger partial charge is 0.254 e. The van der Waals surface area contributed by atoms with E-state index in [2.05, 4.69) is 19.2 Å². The third kappa shape index (κ3) is 6.72. The van der Waals surface area contributed by atoms with Gasteiger partial charge in [0.15, 0.2) is 0 Å². The molecule has 0 aromatic heterocycles. The van der Waals surface area contributed by atoms with Crippen LogP contribution in [0.4, 0.5) is 10.1 Å². The van der Waals surface area contributed by atoms with Gasteiger partial charge in [-0.2, -0.15) is 0 Å². The highest BCUT2D eigenvalue weighted by molar-refractivity contribution is 5.99. The van der Waals surface area contributed by atoms with Gasteiger partial charge in [0, 0.05) is 56.1 Å². The van der Waals surface area contributed by atoms with Crippen LogP contribution >= 0.6 is 0 Å². The monoisotopic (exact) mass is 564 g/mol. The molecule has 0 spiro atoms. The summed E-state index contributed by atoms with van der Waals surface area (Å²) >= 11 is 0. The van der Waals surface area contributed by atoms with Crippen molar-refractivity contribution < 1.29 is 23.5 Å². The van der Waals surface area contributed by atoms with Crippen molar-refractivity contribution in [2.24, 2.45) is 0 Å². The Hall–Kier alpha value is -3.46. The Kier molecular flexibility index (Phi) is 9.22. The first-order valence-corrected chi connectivity index (χ1v) is 15.0.